The molecule has 0 amide bonds. The Morgan fingerprint density at radius 3 is 2.29 bits per heavy atom. The van der Waals surface area contributed by atoms with Crippen LogP contribution in [0.5, 0.6) is 0 Å². The van der Waals surface area contributed by atoms with Gasteiger partial charge in [0.1, 0.15) is 0 Å². The summed E-state index contributed by atoms with van der Waals surface area (Å²) in [5.74, 6) is 0. The molecule has 0 unspecified atom stereocenters. The van der Waals surface area contributed by atoms with Crippen molar-refractivity contribution >= 4 is 32.2 Å². The number of nitrogens with one attached hydrogen (secondary N) is 1. The smallest absolute Gasteiger partial charge is 0.200 e. The van der Waals surface area contributed by atoms with Crippen molar-refractivity contribution in [2.24, 2.45) is 5.10 Å². The summed E-state index contributed by atoms with van der Waals surface area (Å²) in [6.45, 7) is 0. The third-order valence-corrected chi connectivity index (χ3v) is 4.32. The zero-order valence-electron chi connectivity index (χ0n) is 10.7. The molecule has 2 aromatic rings. The Bertz CT molecular complexity index is 792. The van der Waals surface area contributed by atoms with E-state index in [2.05, 4.69) is 25.9 Å². The van der Waals surface area contributed by atoms with Gasteiger partial charge in [0.05, 0.1) is 22.7 Å². The largest absolute Gasteiger partial charge is 0.276 e. The van der Waals surface area contributed by atoms with Crippen LogP contribution in [0.3, 0.4) is 0 Å². The maximum Gasteiger partial charge on any atom is 0.276 e. The fourth-order valence-corrected chi connectivity index (χ4v) is 2.54. The van der Waals surface area contributed by atoms with Gasteiger partial charge in [0.15, 0.2) is 0 Å². The second kappa shape index (κ2) is 6.52. The van der Waals surface area contributed by atoms with Crippen LogP contribution in [0.15, 0.2) is 63.0 Å². The average molecular weight is 364 g/mol. The molecule has 0 radical (unpaired) electrons. The highest BCUT2D eigenvalue weighted by Crippen LogP contribution is 2.14. The zero-order valence-corrected chi connectivity index (χ0v) is 13.1. The van der Waals surface area contributed by atoms with E-state index in [0.29, 0.717) is 11.1 Å². The number of sulfonamides is 1. The first-order valence-electron chi connectivity index (χ1n) is 5.82. The molecule has 0 aliphatic heterocycles. The molecule has 0 atom stereocenters. The summed E-state index contributed by atoms with van der Waals surface area (Å²) >= 11 is 3.24. The van der Waals surface area contributed by atoms with E-state index in [1.165, 1.54) is 18.3 Å². The Kier molecular flexibility index (Phi) is 4.73. The SMILES string of the molecule is N#Cc1ccc(/C=N\NS(=O)(=O)c2ccc(Br)cc2)cc1. The Hall–Kier alpha value is -2.17. The highest BCUT2D eigenvalue weighted by Gasteiger charge is 2.11. The minimum absolute atomic E-state index is 0.127. The molecule has 0 fully saturated rings. The fourth-order valence-electron chi connectivity index (χ4n) is 1.48. The third kappa shape index (κ3) is 4.15. The Morgan fingerprint density at radius 2 is 1.71 bits per heavy atom. The summed E-state index contributed by atoms with van der Waals surface area (Å²) in [5.41, 5.74) is 1.22. The molecule has 0 aliphatic carbocycles. The van der Waals surface area contributed by atoms with Gasteiger partial charge in [-0.25, -0.2) is 4.83 Å². The van der Waals surface area contributed by atoms with Gasteiger partial charge in [0.2, 0.25) is 0 Å². The molecule has 7 heteroatoms. The van der Waals surface area contributed by atoms with Crippen LogP contribution in [0.25, 0.3) is 0 Å². The van der Waals surface area contributed by atoms with Gasteiger partial charge < -0.3 is 0 Å². The van der Waals surface area contributed by atoms with Gasteiger partial charge in [0.25, 0.3) is 10.0 Å². The van der Waals surface area contributed by atoms with E-state index < -0.39 is 10.0 Å². The Balaban J connectivity index is 2.09. The van der Waals surface area contributed by atoms with E-state index >= 15 is 0 Å². The summed E-state index contributed by atoms with van der Waals surface area (Å²) in [7, 11) is -3.68. The molecule has 0 heterocycles. The summed E-state index contributed by atoms with van der Waals surface area (Å²) in [5, 5.41) is 12.4. The van der Waals surface area contributed by atoms with E-state index in [9.17, 15) is 8.42 Å². The molecule has 0 saturated heterocycles. The number of benzene rings is 2. The molecular weight excluding hydrogens is 354 g/mol. The van der Waals surface area contributed by atoms with E-state index in [1.54, 1.807) is 36.4 Å². The Labute approximate surface area is 131 Å². The maximum atomic E-state index is 12.0. The molecule has 5 nitrogen and oxygen atoms in total. The second-order valence-corrected chi connectivity index (χ2v) is 6.62. The number of nitrogens with zero attached hydrogens (tertiary/aromatic N) is 2. The molecule has 2 rings (SSSR count). The van der Waals surface area contributed by atoms with Crippen LogP contribution < -0.4 is 4.83 Å². The number of nitriles is 1. The van der Waals surface area contributed by atoms with Gasteiger partial charge in [-0.15, -0.1) is 0 Å². The zero-order chi connectivity index (χ0) is 15.3. The van der Waals surface area contributed by atoms with Gasteiger partial charge >= 0.3 is 0 Å². The predicted octanol–water partition coefficient (Wildman–Crippen LogP) is 2.63. The molecule has 0 aromatic heterocycles. The van der Waals surface area contributed by atoms with E-state index in [-0.39, 0.29) is 4.90 Å². The maximum absolute atomic E-state index is 12.0. The van der Waals surface area contributed by atoms with Gasteiger partial charge in [-0.3, -0.25) is 0 Å². The summed E-state index contributed by atoms with van der Waals surface area (Å²) in [6, 6.07) is 14.8. The van der Waals surface area contributed by atoms with Crippen LogP contribution in [0.4, 0.5) is 0 Å². The first-order valence-corrected chi connectivity index (χ1v) is 8.09. The molecule has 0 aliphatic rings. The van der Waals surface area contributed by atoms with Crippen LogP contribution in [0.2, 0.25) is 0 Å². The fraction of sp³-hybridized carbons (Fsp3) is 0. The van der Waals surface area contributed by atoms with Crippen LogP contribution >= 0.6 is 15.9 Å². The van der Waals surface area contributed by atoms with Crippen molar-refractivity contribution in [3.63, 3.8) is 0 Å². The lowest BCUT2D eigenvalue weighted by Crippen LogP contribution is -2.18. The van der Waals surface area contributed by atoms with E-state index in [0.717, 1.165) is 4.47 Å². The van der Waals surface area contributed by atoms with Crippen molar-refractivity contribution in [3.8, 4) is 6.07 Å². The standard InChI is InChI=1S/C14H10BrN3O2S/c15-13-5-7-14(8-6-13)21(19,20)18-17-10-12-3-1-11(9-16)2-4-12/h1-8,10,18H/b17-10-. The molecule has 106 valence electrons. The van der Waals surface area contributed by atoms with E-state index in [1.807, 2.05) is 6.07 Å². The van der Waals surface area contributed by atoms with Gasteiger partial charge in [0, 0.05) is 4.47 Å². The minimum atomic E-state index is -3.68. The van der Waals surface area contributed by atoms with Gasteiger partial charge in [-0.2, -0.15) is 18.8 Å². The monoisotopic (exact) mass is 363 g/mol. The van der Waals surface area contributed by atoms with Crippen molar-refractivity contribution in [1.29, 1.82) is 5.26 Å². The molecule has 0 spiro atoms. The Morgan fingerprint density at radius 1 is 1.10 bits per heavy atom. The van der Waals surface area contributed by atoms with Gasteiger partial charge in [-0.05, 0) is 42.0 Å². The van der Waals surface area contributed by atoms with Crippen molar-refractivity contribution in [1.82, 2.24) is 4.83 Å². The lowest BCUT2D eigenvalue weighted by Gasteiger charge is -2.03. The minimum Gasteiger partial charge on any atom is -0.200 e. The van der Waals surface area contributed by atoms with Crippen molar-refractivity contribution in [3.05, 3.63) is 64.1 Å². The number of hydrogen-bond acceptors (Lipinski definition) is 4. The summed E-state index contributed by atoms with van der Waals surface area (Å²) in [4.78, 5) is 2.26. The number of hydrogen-bond donors (Lipinski definition) is 1. The molecule has 0 saturated carbocycles. The van der Waals surface area contributed by atoms with Crippen LogP contribution in [0, 0.1) is 11.3 Å². The lowest BCUT2D eigenvalue weighted by atomic mass is 10.2. The first kappa shape index (κ1) is 15.2. The van der Waals surface area contributed by atoms with Crippen molar-refractivity contribution < 1.29 is 8.42 Å². The molecule has 2 aromatic carbocycles. The molecule has 1 N–H and O–H groups in total. The number of hydrazone groups is 1. The normalized spacial score (nSPS) is 11.2. The number of halogens is 1. The van der Waals surface area contributed by atoms with Gasteiger partial charge in [-0.1, -0.05) is 28.1 Å². The third-order valence-electron chi connectivity index (χ3n) is 2.55. The topological polar surface area (TPSA) is 82.3 Å². The highest BCUT2D eigenvalue weighted by molar-refractivity contribution is 9.10. The van der Waals surface area contributed by atoms with Crippen LogP contribution in [-0.2, 0) is 10.0 Å². The summed E-state index contributed by atoms with van der Waals surface area (Å²) in [6.07, 6.45) is 1.37. The summed E-state index contributed by atoms with van der Waals surface area (Å²) < 4.78 is 24.7. The van der Waals surface area contributed by atoms with Crippen molar-refractivity contribution in [2.75, 3.05) is 0 Å². The van der Waals surface area contributed by atoms with Crippen LogP contribution in [-0.4, -0.2) is 14.6 Å². The molecular formula is C14H10BrN3O2S. The molecule has 21 heavy (non-hydrogen) atoms. The highest BCUT2D eigenvalue weighted by atomic mass is 79.9. The second-order valence-electron chi connectivity index (χ2n) is 4.04. The molecule has 0 bridgehead atoms. The average Bonchev–Trinajstić information content (AvgIpc) is 2.48. The number of rotatable bonds is 4. The predicted molar refractivity (Wildman–Crippen MR) is 83.2 cm³/mol. The quantitative estimate of drug-likeness (QED) is 0.669. The van der Waals surface area contributed by atoms with Crippen molar-refractivity contribution in [2.45, 2.75) is 4.90 Å². The lowest BCUT2D eigenvalue weighted by molar-refractivity contribution is 0.584. The first-order chi connectivity index (χ1) is 10.0. The van der Waals surface area contributed by atoms with E-state index in [4.69, 9.17) is 5.26 Å². The van der Waals surface area contributed by atoms with Crippen LogP contribution in [0.1, 0.15) is 11.1 Å².